The summed E-state index contributed by atoms with van der Waals surface area (Å²) >= 11 is 0. The molecule has 8 heteroatoms. The molecule has 0 N–H and O–H groups in total. The van der Waals surface area contributed by atoms with E-state index in [1.54, 1.807) is 32.0 Å². The van der Waals surface area contributed by atoms with Gasteiger partial charge in [-0.15, -0.1) is 0 Å². The number of imidazole rings is 1. The first-order valence-corrected chi connectivity index (χ1v) is 11.6. The van der Waals surface area contributed by atoms with Crippen molar-refractivity contribution in [1.82, 2.24) is 18.8 Å². The second kappa shape index (κ2) is 7.48. The molecule has 152 valence electrons. The lowest BCUT2D eigenvalue weighted by atomic mass is 10.1. The molecule has 1 saturated carbocycles. The van der Waals surface area contributed by atoms with Gasteiger partial charge in [-0.1, -0.05) is 12.8 Å². The highest BCUT2D eigenvalue weighted by Crippen LogP contribution is 2.25. The van der Waals surface area contributed by atoms with E-state index in [0.717, 1.165) is 26.2 Å². The van der Waals surface area contributed by atoms with Crippen LogP contribution in [0.2, 0.25) is 0 Å². The maximum atomic E-state index is 12.9. The third-order valence-electron chi connectivity index (χ3n) is 6.07. The molecule has 1 aromatic carbocycles. The topological polar surface area (TPSA) is 75.5 Å². The first-order chi connectivity index (χ1) is 13.4. The predicted octanol–water partition coefficient (Wildman–Crippen LogP) is 2.32. The summed E-state index contributed by atoms with van der Waals surface area (Å²) in [6.45, 7) is 6.63. The Balaban J connectivity index is 1.49. The summed E-state index contributed by atoms with van der Waals surface area (Å²) in [6.07, 6.45) is 6.54. The lowest BCUT2D eigenvalue weighted by Crippen LogP contribution is -2.51. The number of hydrogen-bond acceptors (Lipinski definition) is 5. The first kappa shape index (κ1) is 19.4. The number of benzene rings is 1. The highest BCUT2D eigenvalue weighted by molar-refractivity contribution is 7.90. The van der Waals surface area contributed by atoms with Crippen LogP contribution in [-0.4, -0.2) is 70.6 Å². The maximum absolute atomic E-state index is 12.9. The smallest absolute Gasteiger partial charge is 0.254 e. The quantitative estimate of drug-likeness (QED) is 0.782. The number of nitrogens with zero attached hydrogens (tertiary/aromatic N) is 4. The zero-order valence-electron chi connectivity index (χ0n) is 16.5. The molecular weight excluding hydrogens is 376 g/mol. The third-order valence-corrected chi connectivity index (χ3v) is 8.10. The van der Waals surface area contributed by atoms with Crippen LogP contribution in [0.25, 0.3) is 11.0 Å². The van der Waals surface area contributed by atoms with Gasteiger partial charge < -0.3 is 4.90 Å². The van der Waals surface area contributed by atoms with Crippen LogP contribution in [0.5, 0.6) is 0 Å². The van der Waals surface area contributed by atoms with Crippen molar-refractivity contribution in [1.29, 1.82) is 0 Å². The van der Waals surface area contributed by atoms with Crippen molar-refractivity contribution in [2.24, 2.45) is 0 Å². The minimum absolute atomic E-state index is 0.00533. The normalized spacial score (nSPS) is 19.8. The Bertz CT molecular complexity index is 968. The van der Waals surface area contributed by atoms with E-state index >= 15 is 0 Å². The molecule has 2 heterocycles. The summed E-state index contributed by atoms with van der Waals surface area (Å²) in [4.78, 5) is 21.6. The third kappa shape index (κ3) is 3.43. The van der Waals surface area contributed by atoms with E-state index in [1.807, 2.05) is 4.90 Å². The van der Waals surface area contributed by atoms with Crippen LogP contribution in [0.1, 0.15) is 49.9 Å². The van der Waals surface area contributed by atoms with Crippen LogP contribution >= 0.6 is 0 Å². The number of amides is 1. The van der Waals surface area contributed by atoms with Crippen LogP contribution in [0.4, 0.5) is 0 Å². The van der Waals surface area contributed by atoms with Crippen LogP contribution in [-0.2, 0) is 10.0 Å². The van der Waals surface area contributed by atoms with Gasteiger partial charge >= 0.3 is 0 Å². The summed E-state index contributed by atoms with van der Waals surface area (Å²) in [5.41, 5.74) is 1.60. The number of hydrogen-bond donors (Lipinski definition) is 0. The maximum Gasteiger partial charge on any atom is 0.254 e. The van der Waals surface area contributed by atoms with Gasteiger partial charge in [0.2, 0.25) is 10.0 Å². The Hall–Kier alpha value is -1.93. The van der Waals surface area contributed by atoms with Crippen LogP contribution < -0.4 is 0 Å². The fourth-order valence-electron chi connectivity index (χ4n) is 4.30. The van der Waals surface area contributed by atoms with Gasteiger partial charge in [0.1, 0.15) is 6.33 Å². The molecule has 2 aromatic rings. The van der Waals surface area contributed by atoms with Crippen molar-refractivity contribution < 1.29 is 13.2 Å². The van der Waals surface area contributed by atoms with Crippen molar-refractivity contribution >= 4 is 27.0 Å². The first-order valence-electron chi connectivity index (χ1n) is 10.1. The van der Waals surface area contributed by atoms with Crippen molar-refractivity contribution in [2.45, 2.75) is 50.8 Å². The number of aromatic nitrogens is 2. The number of carbonyl (C=O) groups excluding carboxylic acids is 1. The van der Waals surface area contributed by atoms with Gasteiger partial charge in [0.15, 0.2) is 0 Å². The van der Waals surface area contributed by atoms with Gasteiger partial charge in [0, 0.05) is 37.8 Å². The molecule has 1 aromatic heterocycles. The predicted molar refractivity (Wildman–Crippen MR) is 109 cm³/mol. The summed E-state index contributed by atoms with van der Waals surface area (Å²) in [5.74, 6) is -0.00533. The zero-order chi connectivity index (χ0) is 19.9. The van der Waals surface area contributed by atoms with Gasteiger partial charge in [-0.2, -0.15) is 0 Å². The summed E-state index contributed by atoms with van der Waals surface area (Å²) < 4.78 is 26.1. The Morgan fingerprint density at radius 1 is 1.11 bits per heavy atom. The standard InChI is InChI=1S/C20H28N4O3S/c1-15(2)28(26,27)24-14-21-18-13-16(7-8-19(18)24)20(25)23-11-9-22(10-12-23)17-5-3-4-6-17/h7-8,13-15,17H,3-6,9-12H2,1-2H3. The number of rotatable bonds is 4. The van der Waals surface area contributed by atoms with Crippen molar-refractivity contribution in [3.05, 3.63) is 30.1 Å². The minimum Gasteiger partial charge on any atom is -0.336 e. The average Bonchev–Trinajstić information content (AvgIpc) is 3.37. The van der Waals surface area contributed by atoms with Gasteiger partial charge in [0.05, 0.1) is 16.3 Å². The zero-order valence-corrected chi connectivity index (χ0v) is 17.4. The fourth-order valence-corrected chi connectivity index (χ4v) is 5.36. The largest absolute Gasteiger partial charge is 0.336 e. The molecule has 4 rings (SSSR count). The molecule has 0 spiro atoms. The lowest BCUT2D eigenvalue weighted by molar-refractivity contribution is 0.0573. The second-order valence-corrected chi connectivity index (χ2v) is 10.5. The van der Waals surface area contributed by atoms with Gasteiger partial charge in [-0.3, -0.25) is 9.69 Å². The SMILES string of the molecule is CC(C)S(=O)(=O)n1cnc2cc(C(=O)N3CCN(C4CCCC4)CC3)ccc21. The molecule has 28 heavy (non-hydrogen) atoms. The molecule has 1 aliphatic carbocycles. The number of fused-ring (bicyclic) bond motifs is 1. The van der Waals surface area contributed by atoms with Crippen LogP contribution in [0.15, 0.2) is 24.5 Å². The highest BCUT2D eigenvalue weighted by atomic mass is 32.2. The molecule has 2 fully saturated rings. The summed E-state index contributed by atoms with van der Waals surface area (Å²) in [6, 6.07) is 5.79. The summed E-state index contributed by atoms with van der Waals surface area (Å²) in [7, 11) is -3.47. The van der Waals surface area contributed by atoms with Gasteiger partial charge in [-0.25, -0.2) is 17.4 Å². The molecule has 7 nitrogen and oxygen atoms in total. The molecule has 1 aliphatic heterocycles. The van der Waals surface area contributed by atoms with Crippen molar-refractivity contribution in [3.8, 4) is 0 Å². The molecule has 2 aliphatic rings. The average molecular weight is 405 g/mol. The minimum atomic E-state index is -3.47. The van der Waals surface area contributed by atoms with Crippen molar-refractivity contribution in [2.75, 3.05) is 26.2 Å². The summed E-state index contributed by atoms with van der Waals surface area (Å²) in [5, 5.41) is -0.539. The molecule has 0 radical (unpaired) electrons. The van der Waals surface area contributed by atoms with E-state index in [0.29, 0.717) is 22.6 Å². The lowest BCUT2D eigenvalue weighted by Gasteiger charge is -2.38. The Morgan fingerprint density at radius 3 is 2.43 bits per heavy atom. The molecule has 0 unspecified atom stereocenters. The van der Waals surface area contributed by atoms with Crippen LogP contribution in [0, 0.1) is 0 Å². The molecule has 0 bridgehead atoms. The Morgan fingerprint density at radius 2 is 1.79 bits per heavy atom. The number of piperazine rings is 1. The van der Waals surface area contributed by atoms with Gasteiger partial charge in [0.25, 0.3) is 5.91 Å². The van der Waals surface area contributed by atoms with Crippen LogP contribution in [0.3, 0.4) is 0 Å². The van der Waals surface area contributed by atoms with E-state index in [4.69, 9.17) is 0 Å². The molecule has 0 atom stereocenters. The molecule has 1 saturated heterocycles. The Labute approximate surface area is 166 Å². The monoisotopic (exact) mass is 404 g/mol. The van der Waals surface area contributed by atoms with E-state index < -0.39 is 15.3 Å². The van der Waals surface area contributed by atoms with Gasteiger partial charge in [-0.05, 0) is 44.9 Å². The molecule has 1 amide bonds. The van der Waals surface area contributed by atoms with E-state index in [-0.39, 0.29) is 5.91 Å². The Kier molecular flexibility index (Phi) is 5.18. The second-order valence-electron chi connectivity index (χ2n) is 8.10. The highest BCUT2D eigenvalue weighted by Gasteiger charge is 2.28. The van der Waals surface area contributed by atoms with E-state index in [1.165, 1.54) is 36.0 Å². The molecular formula is C20H28N4O3S. The van der Waals surface area contributed by atoms with E-state index in [9.17, 15) is 13.2 Å². The van der Waals surface area contributed by atoms with E-state index in [2.05, 4.69) is 9.88 Å². The number of carbonyl (C=O) groups is 1. The van der Waals surface area contributed by atoms with Crippen molar-refractivity contribution in [3.63, 3.8) is 0 Å². The fraction of sp³-hybridized carbons (Fsp3) is 0.600.